The van der Waals surface area contributed by atoms with Gasteiger partial charge in [-0.1, -0.05) is 35.3 Å². The molecule has 0 radical (unpaired) electrons. The number of nitrogens with zero attached hydrogens (tertiary/aromatic N) is 2. The van der Waals surface area contributed by atoms with Crippen LogP contribution in [0.1, 0.15) is 10.4 Å². The topological polar surface area (TPSA) is 69.7 Å². The number of benzene rings is 3. The standard InChI is InChI=1S/C23H20Cl2FN3O3S/c24-17-4-1-3-16(13-17)23(30)27-22-8-7-20(15-21(22)26)33(31,32)29-11-9-28(10-12-29)19-6-2-5-18(25)14-19/h1-8,13-15H,9-12H2,(H,27,30). The number of carbonyl (C=O) groups is 1. The molecule has 3 aromatic rings. The van der Waals surface area contributed by atoms with Crippen molar-refractivity contribution in [3.63, 3.8) is 0 Å². The molecule has 10 heteroatoms. The van der Waals surface area contributed by atoms with Gasteiger partial charge in [0.15, 0.2) is 0 Å². The van der Waals surface area contributed by atoms with Crippen LogP contribution in [0.15, 0.2) is 71.6 Å². The minimum atomic E-state index is -3.89. The molecule has 3 aromatic carbocycles. The van der Waals surface area contributed by atoms with Crippen LogP contribution in [0, 0.1) is 5.82 Å². The maximum Gasteiger partial charge on any atom is 0.255 e. The van der Waals surface area contributed by atoms with Gasteiger partial charge in [0.25, 0.3) is 5.91 Å². The number of nitrogens with one attached hydrogen (secondary N) is 1. The van der Waals surface area contributed by atoms with Crippen molar-refractivity contribution in [2.75, 3.05) is 36.4 Å². The van der Waals surface area contributed by atoms with Crippen LogP contribution in [0.5, 0.6) is 0 Å². The Hall–Kier alpha value is -2.65. The molecule has 1 heterocycles. The lowest BCUT2D eigenvalue weighted by atomic mass is 10.2. The first-order valence-corrected chi connectivity index (χ1v) is 12.3. The van der Waals surface area contributed by atoms with Crippen LogP contribution < -0.4 is 10.2 Å². The van der Waals surface area contributed by atoms with E-state index in [4.69, 9.17) is 23.2 Å². The average Bonchev–Trinajstić information content (AvgIpc) is 2.80. The van der Waals surface area contributed by atoms with Gasteiger partial charge in [0.2, 0.25) is 10.0 Å². The maximum absolute atomic E-state index is 14.7. The number of amides is 1. The highest BCUT2D eigenvalue weighted by atomic mass is 35.5. The Morgan fingerprint density at radius 3 is 2.18 bits per heavy atom. The zero-order chi connectivity index (χ0) is 23.6. The Morgan fingerprint density at radius 2 is 1.55 bits per heavy atom. The first kappa shape index (κ1) is 23.5. The van der Waals surface area contributed by atoms with E-state index in [1.54, 1.807) is 24.3 Å². The normalized spacial score (nSPS) is 14.8. The van der Waals surface area contributed by atoms with E-state index in [9.17, 15) is 17.6 Å². The lowest BCUT2D eigenvalue weighted by Gasteiger charge is -2.35. The third-order valence-electron chi connectivity index (χ3n) is 5.33. The van der Waals surface area contributed by atoms with E-state index in [1.807, 2.05) is 23.1 Å². The van der Waals surface area contributed by atoms with E-state index in [2.05, 4.69) is 5.32 Å². The molecule has 0 saturated carbocycles. The van der Waals surface area contributed by atoms with Gasteiger partial charge < -0.3 is 10.2 Å². The van der Waals surface area contributed by atoms with Gasteiger partial charge in [-0.3, -0.25) is 4.79 Å². The summed E-state index contributed by atoms with van der Waals surface area (Å²) in [6.07, 6.45) is 0. The van der Waals surface area contributed by atoms with Crippen molar-refractivity contribution in [1.29, 1.82) is 0 Å². The quantitative estimate of drug-likeness (QED) is 0.533. The van der Waals surface area contributed by atoms with Crippen LogP contribution in [0.4, 0.5) is 15.8 Å². The van der Waals surface area contributed by atoms with Gasteiger partial charge in [0.05, 0.1) is 10.6 Å². The molecule has 4 rings (SSSR count). The summed E-state index contributed by atoms with van der Waals surface area (Å²) in [6.45, 7) is 1.47. The largest absolute Gasteiger partial charge is 0.369 e. The number of hydrogen-bond acceptors (Lipinski definition) is 4. The van der Waals surface area contributed by atoms with Gasteiger partial charge >= 0.3 is 0 Å². The second-order valence-electron chi connectivity index (χ2n) is 7.48. The zero-order valence-corrected chi connectivity index (χ0v) is 19.7. The summed E-state index contributed by atoms with van der Waals surface area (Å²) >= 11 is 11.9. The zero-order valence-electron chi connectivity index (χ0n) is 17.3. The molecule has 172 valence electrons. The van der Waals surface area contributed by atoms with E-state index < -0.39 is 21.7 Å². The molecule has 1 saturated heterocycles. The molecule has 33 heavy (non-hydrogen) atoms. The van der Waals surface area contributed by atoms with Crippen molar-refractivity contribution in [1.82, 2.24) is 4.31 Å². The number of sulfonamides is 1. The minimum absolute atomic E-state index is 0.121. The number of halogens is 3. The first-order chi connectivity index (χ1) is 15.7. The summed E-state index contributed by atoms with van der Waals surface area (Å²) < 4.78 is 42.1. The van der Waals surface area contributed by atoms with Crippen LogP contribution in [0.3, 0.4) is 0 Å². The van der Waals surface area contributed by atoms with Crippen LogP contribution >= 0.6 is 23.2 Å². The lowest BCUT2D eigenvalue weighted by Crippen LogP contribution is -2.48. The predicted octanol–water partition coefficient (Wildman–Crippen LogP) is 4.90. The van der Waals surface area contributed by atoms with E-state index in [1.165, 1.54) is 22.5 Å². The minimum Gasteiger partial charge on any atom is -0.369 e. The average molecular weight is 508 g/mol. The summed E-state index contributed by atoms with van der Waals surface area (Å²) in [5, 5.41) is 3.43. The fourth-order valence-electron chi connectivity index (χ4n) is 3.59. The summed E-state index contributed by atoms with van der Waals surface area (Å²) in [4.78, 5) is 14.2. The molecule has 0 aliphatic carbocycles. The van der Waals surface area contributed by atoms with Gasteiger partial charge in [0.1, 0.15) is 5.82 Å². The summed E-state index contributed by atoms with van der Waals surface area (Å²) in [5.74, 6) is -1.40. The number of piperazine rings is 1. The number of rotatable bonds is 5. The van der Waals surface area contributed by atoms with Gasteiger partial charge in [-0.05, 0) is 54.6 Å². The number of carbonyl (C=O) groups excluding carboxylic acids is 1. The maximum atomic E-state index is 14.7. The summed E-state index contributed by atoms with van der Waals surface area (Å²) in [5.41, 5.74) is 1.06. The van der Waals surface area contributed by atoms with E-state index in [0.717, 1.165) is 11.8 Å². The molecule has 0 bridgehead atoms. The molecule has 1 amide bonds. The van der Waals surface area contributed by atoms with Gasteiger partial charge in [0, 0.05) is 47.5 Å². The molecule has 0 spiro atoms. The Labute approximate surface area is 201 Å². The molecule has 1 fully saturated rings. The second-order valence-corrected chi connectivity index (χ2v) is 10.3. The van der Waals surface area contributed by atoms with Crippen LogP contribution in [-0.2, 0) is 10.0 Å². The van der Waals surface area contributed by atoms with Crippen molar-refractivity contribution in [3.8, 4) is 0 Å². The van der Waals surface area contributed by atoms with E-state index in [-0.39, 0.29) is 29.2 Å². The van der Waals surface area contributed by atoms with Gasteiger partial charge in [-0.15, -0.1) is 0 Å². The molecule has 0 aromatic heterocycles. The number of hydrogen-bond donors (Lipinski definition) is 1. The molecule has 0 atom stereocenters. The van der Waals surface area contributed by atoms with E-state index >= 15 is 0 Å². The molecule has 6 nitrogen and oxygen atoms in total. The second kappa shape index (κ2) is 9.69. The van der Waals surface area contributed by atoms with Crippen LogP contribution in [-0.4, -0.2) is 44.8 Å². The molecule has 1 aliphatic heterocycles. The molecular weight excluding hydrogens is 488 g/mol. The SMILES string of the molecule is O=C(Nc1ccc(S(=O)(=O)N2CCN(c3cccc(Cl)c3)CC2)cc1F)c1cccc(Cl)c1. The predicted molar refractivity (Wildman–Crippen MR) is 128 cm³/mol. The Kier molecular flexibility index (Phi) is 6.90. The molecule has 1 N–H and O–H groups in total. The number of anilines is 2. The van der Waals surface area contributed by atoms with Crippen molar-refractivity contribution in [3.05, 3.63) is 88.2 Å². The van der Waals surface area contributed by atoms with Crippen LogP contribution in [0.25, 0.3) is 0 Å². The Morgan fingerprint density at radius 1 is 0.879 bits per heavy atom. The van der Waals surface area contributed by atoms with Gasteiger partial charge in [-0.25, -0.2) is 12.8 Å². The molecule has 1 aliphatic rings. The third kappa shape index (κ3) is 5.30. The van der Waals surface area contributed by atoms with Crippen molar-refractivity contribution in [2.45, 2.75) is 4.90 Å². The fraction of sp³-hybridized carbons (Fsp3) is 0.174. The van der Waals surface area contributed by atoms with Crippen molar-refractivity contribution < 1.29 is 17.6 Å². The van der Waals surface area contributed by atoms with Crippen molar-refractivity contribution >= 4 is 50.5 Å². The highest BCUT2D eigenvalue weighted by Crippen LogP contribution is 2.26. The van der Waals surface area contributed by atoms with Gasteiger partial charge in [-0.2, -0.15) is 4.31 Å². The monoisotopic (exact) mass is 507 g/mol. The van der Waals surface area contributed by atoms with E-state index in [0.29, 0.717) is 23.1 Å². The highest BCUT2D eigenvalue weighted by Gasteiger charge is 2.29. The highest BCUT2D eigenvalue weighted by molar-refractivity contribution is 7.89. The summed E-state index contributed by atoms with van der Waals surface area (Å²) in [7, 11) is -3.89. The Balaban J connectivity index is 1.45. The lowest BCUT2D eigenvalue weighted by molar-refractivity contribution is 0.102. The third-order valence-corrected chi connectivity index (χ3v) is 7.69. The molecular formula is C23H20Cl2FN3O3S. The van der Waals surface area contributed by atoms with Crippen molar-refractivity contribution in [2.24, 2.45) is 0 Å². The molecule has 0 unspecified atom stereocenters. The Bertz CT molecular complexity index is 1300. The summed E-state index contributed by atoms with van der Waals surface area (Å²) in [6, 6.07) is 17.0. The smallest absolute Gasteiger partial charge is 0.255 e. The fourth-order valence-corrected chi connectivity index (χ4v) is 5.40. The van der Waals surface area contributed by atoms with Crippen LogP contribution in [0.2, 0.25) is 10.0 Å². The first-order valence-electron chi connectivity index (χ1n) is 10.1.